The molecule has 0 atom stereocenters. The molecule has 1 fully saturated rings. The largest absolute Gasteiger partial charge is 0.493 e. The van der Waals surface area contributed by atoms with Crippen molar-refractivity contribution < 1.29 is 14.2 Å². The van der Waals surface area contributed by atoms with Gasteiger partial charge in [0.1, 0.15) is 5.82 Å². The average Bonchev–Trinajstić information content (AvgIpc) is 2.69. The summed E-state index contributed by atoms with van der Waals surface area (Å²) in [5.41, 5.74) is 0.827. The van der Waals surface area contributed by atoms with Crippen LogP contribution in [0.3, 0.4) is 0 Å². The van der Waals surface area contributed by atoms with E-state index in [1.807, 2.05) is 24.3 Å². The van der Waals surface area contributed by atoms with Gasteiger partial charge in [0.25, 0.3) is 0 Å². The van der Waals surface area contributed by atoms with Crippen LogP contribution in [-0.2, 0) is 4.74 Å². The van der Waals surface area contributed by atoms with E-state index in [9.17, 15) is 0 Å². The zero-order chi connectivity index (χ0) is 18.2. The Morgan fingerprint density at radius 1 is 1.12 bits per heavy atom. The molecule has 1 aromatic carbocycles. The molecular formula is C18H25N5O3. The van der Waals surface area contributed by atoms with Gasteiger partial charge in [-0.25, -0.2) is 4.98 Å². The number of hydrogen-bond donors (Lipinski definition) is 2. The van der Waals surface area contributed by atoms with Crippen LogP contribution in [0.4, 0.5) is 17.5 Å². The third-order valence-corrected chi connectivity index (χ3v) is 4.13. The quantitative estimate of drug-likeness (QED) is 0.741. The number of ether oxygens (including phenoxy) is 3. The van der Waals surface area contributed by atoms with Crippen LogP contribution in [0.2, 0.25) is 0 Å². The fraction of sp³-hybridized carbons (Fsp3) is 0.444. The molecule has 1 aromatic heterocycles. The summed E-state index contributed by atoms with van der Waals surface area (Å²) in [6.45, 7) is 5.38. The van der Waals surface area contributed by atoms with E-state index in [2.05, 4.69) is 25.5 Å². The summed E-state index contributed by atoms with van der Waals surface area (Å²) in [5.74, 6) is 2.64. The second-order valence-electron chi connectivity index (χ2n) is 5.84. The first-order chi connectivity index (χ1) is 12.8. The second kappa shape index (κ2) is 9.21. The highest BCUT2D eigenvalue weighted by Crippen LogP contribution is 2.30. The van der Waals surface area contributed by atoms with Gasteiger partial charge in [0.2, 0.25) is 5.95 Å². The van der Waals surface area contributed by atoms with Gasteiger partial charge in [0, 0.05) is 44.1 Å². The maximum Gasteiger partial charge on any atom is 0.229 e. The molecule has 0 spiro atoms. The van der Waals surface area contributed by atoms with Crippen LogP contribution in [0.15, 0.2) is 30.5 Å². The lowest BCUT2D eigenvalue weighted by molar-refractivity contribution is 0.0398. The summed E-state index contributed by atoms with van der Waals surface area (Å²) in [5, 5.41) is 6.53. The van der Waals surface area contributed by atoms with Gasteiger partial charge in [-0.3, -0.25) is 4.90 Å². The minimum absolute atomic E-state index is 0.522. The van der Waals surface area contributed by atoms with Gasteiger partial charge in [-0.05, 0) is 18.2 Å². The predicted molar refractivity (Wildman–Crippen MR) is 101 cm³/mol. The lowest BCUT2D eigenvalue weighted by Gasteiger charge is -2.26. The fourth-order valence-electron chi connectivity index (χ4n) is 2.73. The number of methoxy groups -OCH3 is 2. The van der Waals surface area contributed by atoms with Crippen molar-refractivity contribution in [1.82, 2.24) is 14.9 Å². The molecule has 2 heterocycles. The van der Waals surface area contributed by atoms with Crippen LogP contribution in [0.25, 0.3) is 0 Å². The summed E-state index contributed by atoms with van der Waals surface area (Å²) in [6.07, 6.45) is 1.73. The molecule has 0 amide bonds. The van der Waals surface area contributed by atoms with Gasteiger partial charge < -0.3 is 24.8 Å². The summed E-state index contributed by atoms with van der Waals surface area (Å²) < 4.78 is 15.9. The first kappa shape index (κ1) is 18.2. The second-order valence-corrected chi connectivity index (χ2v) is 5.84. The average molecular weight is 359 g/mol. The molecule has 1 aliphatic rings. The van der Waals surface area contributed by atoms with E-state index in [1.54, 1.807) is 20.4 Å². The molecular weight excluding hydrogens is 334 g/mol. The Morgan fingerprint density at radius 2 is 1.92 bits per heavy atom. The van der Waals surface area contributed by atoms with E-state index in [0.717, 1.165) is 50.9 Å². The molecule has 2 N–H and O–H groups in total. The van der Waals surface area contributed by atoms with Crippen molar-refractivity contribution in [2.24, 2.45) is 0 Å². The highest BCUT2D eigenvalue weighted by atomic mass is 16.5. The molecule has 140 valence electrons. The SMILES string of the molecule is COc1ccc(Nc2nccc(NCCN3CCOCC3)n2)cc1OC. The maximum atomic E-state index is 5.36. The van der Waals surface area contributed by atoms with Crippen molar-refractivity contribution in [2.75, 3.05) is 64.2 Å². The van der Waals surface area contributed by atoms with Crippen LogP contribution in [0.1, 0.15) is 0 Å². The van der Waals surface area contributed by atoms with E-state index >= 15 is 0 Å². The summed E-state index contributed by atoms with van der Waals surface area (Å²) in [4.78, 5) is 11.1. The van der Waals surface area contributed by atoms with Crippen molar-refractivity contribution in [3.05, 3.63) is 30.5 Å². The minimum atomic E-state index is 0.522. The third-order valence-electron chi connectivity index (χ3n) is 4.13. The first-order valence-electron chi connectivity index (χ1n) is 8.64. The van der Waals surface area contributed by atoms with Crippen LogP contribution in [-0.4, -0.2) is 68.5 Å². The Balaban J connectivity index is 1.56. The van der Waals surface area contributed by atoms with E-state index in [0.29, 0.717) is 17.4 Å². The Hall–Kier alpha value is -2.58. The van der Waals surface area contributed by atoms with Gasteiger partial charge in [-0.15, -0.1) is 0 Å². The number of benzene rings is 1. The van der Waals surface area contributed by atoms with Gasteiger partial charge in [-0.1, -0.05) is 0 Å². The fourth-order valence-corrected chi connectivity index (χ4v) is 2.73. The molecule has 0 unspecified atom stereocenters. The monoisotopic (exact) mass is 359 g/mol. The minimum Gasteiger partial charge on any atom is -0.493 e. The van der Waals surface area contributed by atoms with Crippen molar-refractivity contribution in [2.45, 2.75) is 0 Å². The highest BCUT2D eigenvalue weighted by Gasteiger charge is 2.10. The highest BCUT2D eigenvalue weighted by molar-refractivity contribution is 5.60. The molecule has 8 nitrogen and oxygen atoms in total. The van der Waals surface area contributed by atoms with Crippen LogP contribution in [0.5, 0.6) is 11.5 Å². The number of rotatable bonds is 8. The Labute approximate surface area is 153 Å². The molecule has 1 saturated heterocycles. The molecule has 1 aliphatic heterocycles. The molecule has 2 aromatic rings. The zero-order valence-corrected chi connectivity index (χ0v) is 15.2. The van der Waals surface area contributed by atoms with E-state index in [4.69, 9.17) is 14.2 Å². The van der Waals surface area contributed by atoms with Crippen molar-refractivity contribution in [1.29, 1.82) is 0 Å². The van der Waals surface area contributed by atoms with Crippen molar-refractivity contribution in [3.8, 4) is 11.5 Å². The number of aromatic nitrogens is 2. The standard InChI is InChI=1S/C18H25N5O3/c1-24-15-4-3-14(13-16(15)25-2)21-18-20-6-5-17(22-18)19-7-8-23-9-11-26-12-10-23/h3-6,13H,7-12H2,1-2H3,(H2,19,20,21,22). The summed E-state index contributed by atoms with van der Waals surface area (Å²) in [7, 11) is 3.22. The number of morpholine rings is 1. The van der Waals surface area contributed by atoms with Gasteiger partial charge in [-0.2, -0.15) is 4.98 Å². The number of nitrogens with zero attached hydrogens (tertiary/aromatic N) is 3. The number of nitrogens with one attached hydrogen (secondary N) is 2. The normalized spacial score (nSPS) is 14.7. The molecule has 8 heteroatoms. The Bertz CT molecular complexity index is 707. The van der Waals surface area contributed by atoms with Crippen molar-refractivity contribution in [3.63, 3.8) is 0 Å². The topological polar surface area (TPSA) is 80.8 Å². The van der Waals surface area contributed by atoms with Crippen LogP contribution in [0, 0.1) is 0 Å². The van der Waals surface area contributed by atoms with Gasteiger partial charge in [0.05, 0.1) is 27.4 Å². The lowest BCUT2D eigenvalue weighted by atomic mass is 10.3. The lowest BCUT2D eigenvalue weighted by Crippen LogP contribution is -2.39. The van der Waals surface area contributed by atoms with E-state index in [-0.39, 0.29) is 0 Å². The molecule has 0 radical (unpaired) electrons. The van der Waals surface area contributed by atoms with E-state index in [1.165, 1.54) is 0 Å². The van der Waals surface area contributed by atoms with Crippen molar-refractivity contribution >= 4 is 17.5 Å². The molecule has 0 aliphatic carbocycles. The molecule has 0 saturated carbocycles. The summed E-state index contributed by atoms with van der Waals surface area (Å²) >= 11 is 0. The molecule has 0 bridgehead atoms. The maximum absolute atomic E-state index is 5.36. The van der Waals surface area contributed by atoms with E-state index < -0.39 is 0 Å². The third kappa shape index (κ3) is 4.96. The number of hydrogen-bond acceptors (Lipinski definition) is 8. The summed E-state index contributed by atoms with van der Waals surface area (Å²) in [6, 6.07) is 7.44. The molecule has 3 rings (SSSR count). The zero-order valence-electron chi connectivity index (χ0n) is 15.2. The first-order valence-corrected chi connectivity index (χ1v) is 8.64. The smallest absolute Gasteiger partial charge is 0.229 e. The van der Waals surface area contributed by atoms with Gasteiger partial charge >= 0.3 is 0 Å². The predicted octanol–water partition coefficient (Wildman–Crippen LogP) is 1.98. The van der Waals surface area contributed by atoms with Crippen LogP contribution < -0.4 is 20.1 Å². The van der Waals surface area contributed by atoms with Crippen LogP contribution >= 0.6 is 0 Å². The van der Waals surface area contributed by atoms with Gasteiger partial charge in [0.15, 0.2) is 11.5 Å². The number of anilines is 3. The Morgan fingerprint density at radius 3 is 2.69 bits per heavy atom. The Kier molecular flexibility index (Phi) is 6.45. The molecule has 26 heavy (non-hydrogen) atoms.